The summed E-state index contributed by atoms with van der Waals surface area (Å²) in [5.41, 5.74) is 3.34. The third-order valence-corrected chi connectivity index (χ3v) is 6.31. The van der Waals surface area contributed by atoms with Gasteiger partial charge in [0.2, 0.25) is 0 Å². The van der Waals surface area contributed by atoms with Crippen molar-refractivity contribution < 1.29 is 9.59 Å². The Morgan fingerprint density at radius 3 is 2.54 bits per heavy atom. The lowest BCUT2D eigenvalue weighted by molar-refractivity contribution is 0.0955. The smallest absolute Gasteiger partial charge is 0.269 e. The number of fused-ring (bicyclic) bond motifs is 1. The van der Waals surface area contributed by atoms with Crippen molar-refractivity contribution in [2.75, 3.05) is 32.5 Å². The number of rotatable bonds is 5. The lowest BCUT2D eigenvalue weighted by Gasteiger charge is -2.28. The Labute approximate surface area is 202 Å². The molecule has 0 saturated carbocycles. The number of anilines is 1. The maximum Gasteiger partial charge on any atom is 0.269 e. The van der Waals surface area contributed by atoms with E-state index in [0.29, 0.717) is 17.4 Å². The minimum atomic E-state index is -0.384. The standard InChI is InChI=1S/C25H26N8O2/c1-26-25(35)22-6-4-17(13-27-22)24(34)29-23-12-18-11-16(3-5-21(18)30-31-23)19-14-28-33(15-19)20-7-9-32(2)10-8-20/h3-6,11-15,20H,7-10H2,1-2H3,(H,26,35)(H,29,31,34). The molecule has 10 heteroatoms. The highest BCUT2D eigenvalue weighted by atomic mass is 16.2. The number of piperidine rings is 1. The van der Waals surface area contributed by atoms with Gasteiger partial charge in [-0.05, 0) is 68.9 Å². The van der Waals surface area contributed by atoms with Crippen molar-refractivity contribution in [3.63, 3.8) is 0 Å². The van der Waals surface area contributed by atoms with Gasteiger partial charge in [0.05, 0.1) is 23.3 Å². The molecule has 0 unspecified atom stereocenters. The predicted molar refractivity (Wildman–Crippen MR) is 132 cm³/mol. The number of hydrogen-bond acceptors (Lipinski definition) is 7. The van der Waals surface area contributed by atoms with Gasteiger partial charge in [-0.15, -0.1) is 10.2 Å². The molecule has 4 aromatic rings. The molecule has 0 spiro atoms. The van der Waals surface area contributed by atoms with E-state index in [4.69, 9.17) is 0 Å². The van der Waals surface area contributed by atoms with E-state index in [1.165, 1.54) is 19.3 Å². The van der Waals surface area contributed by atoms with Gasteiger partial charge < -0.3 is 15.5 Å². The number of carbonyl (C=O) groups is 2. The number of likely N-dealkylation sites (tertiary alicyclic amines) is 1. The van der Waals surface area contributed by atoms with E-state index in [9.17, 15) is 9.59 Å². The van der Waals surface area contributed by atoms with E-state index in [1.807, 2.05) is 24.4 Å². The molecule has 0 bridgehead atoms. The van der Waals surface area contributed by atoms with E-state index in [-0.39, 0.29) is 17.5 Å². The molecule has 2 amide bonds. The molecule has 1 saturated heterocycles. The van der Waals surface area contributed by atoms with Crippen LogP contribution in [0.1, 0.15) is 39.7 Å². The molecule has 0 aliphatic carbocycles. The molecule has 1 aromatic carbocycles. The van der Waals surface area contributed by atoms with Crippen LogP contribution >= 0.6 is 0 Å². The van der Waals surface area contributed by atoms with Gasteiger partial charge in [-0.25, -0.2) is 0 Å². The Balaban J connectivity index is 1.33. The zero-order chi connectivity index (χ0) is 24.4. The summed E-state index contributed by atoms with van der Waals surface area (Å²) in [6, 6.07) is 11.2. The maximum atomic E-state index is 12.6. The first-order chi connectivity index (χ1) is 17.0. The van der Waals surface area contributed by atoms with Gasteiger partial charge in [0.1, 0.15) is 5.69 Å². The molecule has 0 radical (unpaired) electrons. The molecule has 178 valence electrons. The number of carbonyl (C=O) groups excluding carboxylic acids is 2. The number of benzene rings is 1. The molecule has 1 aliphatic rings. The predicted octanol–water partition coefficient (Wildman–Crippen LogP) is 2.77. The highest BCUT2D eigenvalue weighted by Gasteiger charge is 2.19. The SMILES string of the molecule is CNC(=O)c1ccc(C(=O)Nc2cc3cc(-c4cnn(C5CCN(C)CC5)c4)ccc3nn2)cn1. The third kappa shape index (κ3) is 4.87. The number of hydrogen-bond donors (Lipinski definition) is 2. The van der Waals surface area contributed by atoms with Gasteiger partial charge in [0.15, 0.2) is 5.82 Å². The quantitative estimate of drug-likeness (QED) is 0.460. The van der Waals surface area contributed by atoms with Crippen LogP contribution in [0.4, 0.5) is 5.82 Å². The van der Waals surface area contributed by atoms with Crippen LogP contribution in [0.5, 0.6) is 0 Å². The lowest BCUT2D eigenvalue weighted by Crippen LogP contribution is -2.31. The molecule has 0 atom stereocenters. The first-order valence-corrected chi connectivity index (χ1v) is 11.5. The topological polar surface area (TPSA) is 118 Å². The van der Waals surface area contributed by atoms with Gasteiger partial charge in [-0.2, -0.15) is 5.10 Å². The number of amides is 2. The summed E-state index contributed by atoms with van der Waals surface area (Å²) in [5, 5.41) is 19.1. The number of pyridine rings is 1. The summed E-state index contributed by atoms with van der Waals surface area (Å²) < 4.78 is 2.08. The van der Waals surface area contributed by atoms with E-state index in [2.05, 4.69) is 53.7 Å². The fourth-order valence-electron chi connectivity index (χ4n) is 4.21. The zero-order valence-corrected chi connectivity index (χ0v) is 19.6. The minimum Gasteiger partial charge on any atom is -0.354 e. The summed E-state index contributed by atoms with van der Waals surface area (Å²) in [7, 11) is 3.68. The fraction of sp³-hybridized carbons (Fsp3) is 0.280. The van der Waals surface area contributed by atoms with Crippen molar-refractivity contribution in [3.05, 3.63) is 66.2 Å². The van der Waals surface area contributed by atoms with Gasteiger partial charge >= 0.3 is 0 Å². The molecular weight excluding hydrogens is 444 g/mol. The van der Waals surface area contributed by atoms with Crippen LogP contribution in [0, 0.1) is 0 Å². The molecule has 35 heavy (non-hydrogen) atoms. The molecule has 1 fully saturated rings. The van der Waals surface area contributed by atoms with Crippen molar-refractivity contribution in [2.24, 2.45) is 0 Å². The molecule has 5 rings (SSSR count). The van der Waals surface area contributed by atoms with Crippen LogP contribution < -0.4 is 10.6 Å². The van der Waals surface area contributed by atoms with E-state index < -0.39 is 0 Å². The third-order valence-electron chi connectivity index (χ3n) is 6.31. The first kappa shape index (κ1) is 22.6. The van der Waals surface area contributed by atoms with Crippen LogP contribution in [-0.2, 0) is 0 Å². The van der Waals surface area contributed by atoms with Gasteiger partial charge in [0, 0.05) is 30.4 Å². The Morgan fingerprint density at radius 2 is 1.80 bits per heavy atom. The van der Waals surface area contributed by atoms with Crippen LogP contribution in [0.25, 0.3) is 22.0 Å². The fourth-order valence-corrected chi connectivity index (χ4v) is 4.21. The Kier molecular flexibility index (Phi) is 6.19. The average molecular weight is 471 g/mol. The highest BCUT2D eigenvalue weighted by molar-refractivity contribution is 6.04. The summed E-state index contributed by atoms with van der Waals surface area (Å²) in [6.07, 6.45) is 7.54. The average Bonchev–Trinajstić information content (AvgIpc) is 3.38. The van der Waals surface area contributed by atoms with Crippen molar-refractivity contribution >= 4 is 28.5 Å². The zero-order valence-electron chi connectivity index (χ0n) is 19.6. The molecule has 3 aromatic heterocycles. The molecule has 4 heterocycles. The van der Waals surface area contributed by atoms with E-state index in [1.54, 1.807) is 12.1 Å². The summed E-state index contributed by atoms with van der Waals surface area (Å²) in [4.78, 5) is 30.6. The molecular formula is C25H26N8O2. The lowest BCUT2D eigenvalue weighted by atomic mass is 10.1. The second kappa shape index (κ2) is 9.59. The van der Waals surface area contributed by atoms with Gasteiger partial charge in [0.25, 0.3) is 11.8 Å². The number of aromatic nitrogens is 5. The Hall–Kier alpha value is -4.18. The number of nitrogens with zero attached hydrogens (tertiary/aromatic N) is 6. The minimum absolute atomic E-state index is 0.237. The van der Waals surface area contributed by atoms with Crippen molar-refractivity contribution in [1.82, 2.24) is 35.2 Å². The second-order valence-corrected chi connectivity index (χ2v) is 8.71. The number of nitrogens with one attached hydrogen (secondary N) is 2. The van der Waals surface area contributed by atoms with Crippen LogP contribution in [0.2, 0.25) is 0 Å². The second-order valence-electron chi connectivity index (χ2n) is 8.71. The van der Waals surface area contributed by atoms with Gasteiger partial charge in [-0.3, -0.25) is 19.3 Å². The van der Waals surface area contributed by atoms with Gasteiger partial charge in [-0.1, -0.05) is 6.07 Å². The van der Waals surface area contributed by atoms with Crippen LogP contribution in [0.15, 0.2) is 55.0 Å². The summed E-state index contributed by atoms with van der Waals surface area (Å²) >= 11 is 0. The Bertz CT molecular complexity index is 1370. The molecule has 1 aliphatic heterocycles. The van der Waals surface area contributed by atoms with Crippen molar-refractivity contribution in [1.29, 1.82) is 0 Å². The van der Waals surface area contributed by atoms with Crippen LogP contribution in [0.3, 0.4) is 0 Å². The summed E-state index contributed by atoms with van der Waals surface area (Å²) in [6.45, 7) is 2.16. The Morgan fingerprint density at radius 1 is 0.971 bits per heavy atom. The largest absolute Gasteiger partial charge is 0.354 e. The van der Waals surface area contributed by atoms with E-state index >= 15 is 0 Å². The van der Waals surface area contributed by atoms with Crippen molar-refractivity contribution in [3.8, 4) is 11.1 Å². The summed E-state index contributed by atoms with van der Waals surface area (Å²) in [5.74, 6) is -0.368. The maximum absolute atomic E-state index is 12.6. The van der Waals surface area contributed by atoms with Crippen LogP contribution in [-0.4, -0.2) is 68.9 Å². The highest BCUT2D eigenvalue weighted by Crippen LogP contribution is 2.27. The van der Waals surface area contributed by atoms with E-state index in [0.717, 1.165) is 48.0 Å². The van der Waals surface area contributed by atoms with Crippen molar-refractivity contribution in [2.45, 2.75) is 18.9 Å². The molecule has 10 nitrogen and oxygen atoms in total. The monoisotopic (exact) mass is 470 g/mol. The first-order valence-electron chi connectivity index (χ1n) is 11.5. The normalized spacial score (nSPS) is 14.7. The molecule has 2 N–H and O–H groups in total.